The number of rotatable bonds is 5. The molecule has 0 aromatic carbocycles. The van der Waals surface area contributed by atoms with E-state index < -0.39 is 0 Å². The maximum Gasteiger partial charge on any atom is 0.0662 e. The van der Waals surface area contributed by atoms with E-state index in [4.69, 9.17) is 5.26 Å². The molecule has 1 aliphatic carbocycles. The summed E-state index contributed by atoms with van der Waals surface area (Å²) < 4.78 is 0. The van der Waals surface area contributed by atoms with Crippen LogP contribution in [0.1, 0.15) is 46.5 Å². The van der Waals surface area contributed by atoms with Gasteiger partial charge in [0.05, 0.1) is 18.1 Å². The van der Waals surface area contributed by atoms with Gasteiger partial charge < -0.3 is 0 Å². The van der Waals surface area contributed by atoms with Crippen LogP contribution in [-0.2, 0) is 0 Å². The predicted molar refractivity (Wildman–Crippen MR) is 73.4 cm³/mol. The average molecular weight is 242 g/mol. The van der Waals surface area contributed by atoms with Crippen molar-refractivity contribution in [3.05, 3.63) is 23.8 Å². The molecular formula is C16H22N2. The monoisotopic (exact) mass is 242 g/mol. The third-order valence-corrected chi connectivity index (χ3v) is 4.23. The minimum absolute atomic E-state index is 0.0172. The molecule has 0 heterocycles. The van der Waals surface area contributed by atoms with Crippen molar-refractivity contribution in [1.82, 2.24) is 0 Å². The molecule has 0 spiro atoms. The minimum Gasteiger partial charge on any atom is -0.198 e. The van der Waals surface area contributed by atoms with Gasteiger partial charge in [-0.1, -0.05) is 37.6 Å². The number of nitriles is 2. The Morgan fingerprint density at radius 2 is 2.22 bits per heavy atom. The summed E-state index contributed by atoms with van der Waals surface area (Å²) in [5.41, 5.74) is 1.27. The molecule has 0 bridgehead atoms. The van der Waals surface area contributed by atoms with Gasteiger partial charge in [-0.25, -0.2) is 0 Å². The quantitative estimate of drug-likeness (QED) is 0.672. The molecule has 3 atom stereocenters. The van der Waals surface area contributed by atoms with Crippen molar-refractivity contribution in [2.24, 2.45) is 17.3 Å². The summed E-state index contributed by atoms with van der Waals surface area (Å²) in [4.78, 5) is 0. The van der Waals surface area contributed by atoms with Crippen molar-refractivity contribution in [2.75, 3.05) is 0 Å². The van der Waals surface area contributed by atoms with Crippen LogP contribution in [0.5, 0.6) is 0 Å². The lowest BCUT2D eigenvalue weighted by Crippen LogP contribution is -2.30. The van der Waals surface area contributed by atoms with Gasteiger partial charge in [-0.05, 0) is 32.1 Å². The fourth-order valence-corrected chi connectivity index (χ4v) is 2.79. The van der Waals surface area contributed by atoms with E-state index in [0.717, 1.165) is 19.3 Å². The topological polar surface area (TPSA) is 47.6 Å². The largest absolute Gasteiger partial charge is 0.198 e. The van der Waals surface area contributed by atoms with E-state index >= 15 is 0 Å². The highest BCUT2D eigenvalue weighted by Crippen LogP contribution is 2.45. The zero-order valence-electron chi connectivity index (χ0n) is 11.6. The standard InChI is InChI=1S/C16H22N2/c1-13-8-4-5-9-15(13)16(3,14(2)12-18)10-6-7-11-17/h4-5,9,13-14H,6-8,10H2,1-3H3. The maximum absolute atomic E-state index is 9.28. The molecule has 0 aromatic heterocycles. The molecule has 1 aliphatic rings. The Kier molecular flexibility index (Phi) is 5.17. The van der Waals surface area contributed by atoms with Gasteiger partial charge in [0.15, 0.2) is 0 Å². The second-order valence-corrected chi connectivity index (χ2v) is 5.47. The first kappa shape index (κ1) is 14.5. The van der Waals surface area contributed by atoms with Gasteiger partial charge in [-0.3, -0.25) is 0 Å². The first-order valence-electron chi connectivity index (χ1n) is 6.70. The van der Waals surface area contributed by atoms with Crippen molar-refractivity contribution >= 4 is 0 Å². The second kappa shape index (κ2) is 6.41. The van der Waals surface area contributed by atoms with Crippen LogP contribution < -0.4 is 0 Å². The van der Waals surface area contributed by atoms with Crippen LogP contribution >= 0.6 is 0 Å². The first-order valence-corrected chi connectivity index (χ1v) is 6.70. The third kappa shape index (κ3) is 3.02. The van der Waals surface area contributed by atoms with E-state index in [1.165, 1.54) is 5.57 Å². The van der Waals surface area contributed by atoms with Crippen molar-refractivity contribution < 1.29 is 0 Å². The fraction of sp³-hybridized carbons (Fsp3) is 0.625. The van der Waals surface area contributed by atoms with Gasteiger partial charge in [0, 0.05) is 11.8 Å². The Hall–Kier alpha value is -1.54. The van der Waals surface area contributed by atoms with Crippen LogP contribution in [0.2, 0.25) is 0 Å². The average Bonchev–Trinajstić information content (AvgIpc) is 2.38. The lowest BCUT2D eigenvalue weighted by Gasteiger charge is -2.38. The van der Waals surface area contributed by atoms with Crippen LogP contribution in [0.3, 0.4) is 0 Å². The summed E-state index contributed by atoms with van der Waals surface area (Å²) in [5, 5.41) is 18.0. The van der Waals surface area contributed by atoms with Crippen LogP contribution in [-0.4, -0.2) is 0 Å². The zero-order valence-corrected chi connectivity index (χ0v) is 11.6. The molecule has 96 valence electrons. The number of allylic oxidation sites excluding steroid dienone is 4. The van der Waals surface area contributed by atoms with Gasteiger partial charge in [0.25, 0.3) is 0 Å². The van der Waals surface area contributed by atoms with Crippen LogP contribution in [0.15, 0.2) is 23.8 Å². The number of hydrogen-bond acceptors (Lipinski definition) is 2. The molecular weight excluding hydrogens is 220 g/mol. The number of nitrogens with zero attached hydrogens (tertiary/aromatic N) is 2. The molecule has 3 unspecified atom stereocenters. The lowest BCUT2D eigenvalue weighted by atomic mass is 9.64. The van der Waals surface area contributed by atoms with E-state index in [2.05, 4.69) is 44.2 Å². The van der Waals surface area contributed by atoms with Gasteiger partial charge in [-0.15, -0.1) is 0 Å². The summed E-state index contributed by atoms with van der Waals surface area (Å²) in [6, 6.07) is 4.60. The molecule has 0 fully saturated rings. The lowest BCUT2D eigenvalue weighted by molar-refractivity contribution is 0.255. The van der Waals surface area contributed by atoms with Crippen molar-refractivity contribution in [1.29, 1.82) is 10.5 Å². The van der Waals surface area contributed by atoms with E-state index in [1.54, 1.807) is 0 Å². The molecule has 0 N–H and O–H groups in total. The van der Waals surface area contributed by atoms with Gasteiger partial charge in [-0.2, -0.15) is 10.5 Å². The fourth-order valence-electron chi connectivity index (χ4n) is 2.79. The summed E-state index contributed by atoms with van der Waals surface area (Å²) >= 11 is 0. The normalized spacial score (nSPS) is 23.4. The van der Waals surface area contributed by atoms with E-state index in [9.17, 15) is 5.26 Å². The smallest absolute Gasteiger partial charge is 0.0662 e. The zero-order chi connectivity index (χ0) is 13.6. The molecule has 0 saturated heterocycles. The molecule has 18 heavy (non-hydrogen) atoms. The molecule has 0 aromatic rings. The summed E-state index contributed by atoms with van der Waals surface area (Å²) in [6.07, 6.45) is 9.87. The summed E-state index contributed by atoms with van der Waals surface area (Å²) in [7, 11) is 0. The van der Waals surface area contributed by atoms with Crippen molar-refractivity contribution in [3.63, 3.8) is 0 Å². The van der Waals surface area contributed by atoms with Crippen LogP contribution in [0, 0.1) is 39.9 Å². The Morgan fingerprint density at radius 3 is 2.78 bits per heavy atom. The molecule has 0 saturated carbocycles. The molecule has 2 heteroatoms. The maximum atomic E-state index is 9.28. The second-order valence-electron chi connectivity index (χ2n) is 5.47. The number of unbranched alkanes of at least 4 members (excludes halogenated alkanes) is 1. The Morgan fingerprint density at radius 1 is 1.50 bits per heavy atom. The highest BCUT2D eigenvalue weighted by atomic mass is 14.4. The van der Waals surface area contributed by atoms with Gasteiger partial charge in [0.2, 0.25) is 0 Å². The van der Waals surface area contributed by atoms with Crippen molar-refractivity contribution in [3.8, 4) is 12.1 Å². The molecule has 0 radical (unpaired) electrons. The van der Waals surface area contributed by atoms with E-state index in [1.807, 2.05) is 6.92 Å². The third-order valence-electron chi connectivity index (χ3n) is 4.23. The van der Waals surface area contributed by atoms with Gasteiger partial charge >= 0.3 is 0 Å². The van der Waals surface area contributed by atoms with E-state index in [-0.39, 0.29) is 11.3 Å². The van der Waals surface area contributed by atoms with Crippen LogP contribution in [0.25, 0.3) is 0 Å². The minimum atomic E-state index is -0.101. The Bertz CT molecular complexity index is 419. The van der Waals surface area contributed by atoms with E-state index in [0.29, 0.717) is 12.3 Å². The summed E-state index contributed by atoms with van der Waals surface area (Å²) in [6.45, 7) is 6.40. The Balaban J connectivity index is 2.97. The molecule has 2 nitrogen and oxygen atoms in total. The highest BCUT2D eigenvalue weighted by molar-refractivity contribution is 5.28. The number of hydrogen-bond donors (Lipinski definition) is 0. The van der Waals surface area contributed by atoms with Gasteiger partial charge in [0.1, 0.15) is 0 Å². The molecule has 0 aliphatic heterocycles. The Labute approximate surface area is 111 Å². The first-order chi connectivity index (χ1) is 8.56. The SMILES string of the molecule is CC1CC=CC=C1C(C)(CCCC#N)C(C)C#N. The predicted octanol–water partition coefficient (Wildman–Crippen LogP) is 4.37. The summed E-state index contributed by atoms with van der Waals surface area (Å²) in [5.74, 6) is 0.481. The highest BCUT2D eigenvalue weighted by Gasteiger charge is 2.36. The molecule has 1 rings (SSSR count). The molecule has 0 amide bonds. The van der Waals surface area contributed by atoms with Crippen molar-refractivity contribution in [2.45, 2.75) is 46.5 Å². The van der Waals surface area contributed by atoms with Crippen LogP contribution in [0.4, 0.5) is 0 Å².